The van der Waals surface area contributed by atoms with Crippen LogP contribution in [0.5, 0.6) is 0 Å². The first-order valence-electron chi connectivity index (χ1n) is 4.79. The summed E-state index contributed by atoms with van der Waals surface area (Å²) in [6.45, 7) is 3.91. The summed E-state index contributed by atoms with van der Waals surface area (Å²) < 4.78 is 1.08. The van der Waals surface area contributed by atoms with E-state index in [4.69, 9.17) is 0 Å². The van der Waals surface area contributed by atoms with Gasteiger partial charge in [-0.2, -0.15) is 0 Å². The van der Waals surface area contributed by atoms with Gasteiger partial charge in [-0.1, -0.05) is 0 Å². The fourth-order valence-electron chi connectivity index (χ4n) is 1.07. The molecule has 0 aliphatic heterocycles. The first-order valence-corrected chi connectivity index (χ1v) is 6.40. The number of rotatable bonds is 4. The molecule has 1 aromatic heterocycles. The maximum absolute atomic E-state index is 12.0. The van der Waals surface area contributed by atoms with Crippen molar-refractivity contribution in [3.63, 3.8) is 0 Å². The van der Waals surface area contributed by atoms with Crippen LogP contribution in [0.15, 0.2) is 15.9 Å². The van der Waals surface area contributed by atoms with Crippen molar-refractivity contribution < 1.29 is 4.79 Å². The lowest BCUT2D eigenvalue weighted by molar-refractivity contribution is -0.127. The van der Waals surface area contributed by atoms with E-state index in [9.17, 15) is 4.79 Å². The smallest absolute Gasteiger partial charge is 0.157 e. The monoisotopic (exact) mass is 289 g/mol. The van der Waals surface area contributed by atoms with Crippen LogP contribution in [0.1, 0.15) is 18.7 Å². The molecule has 0 aromatic carbocycles. The molecular weight excluding hydrogens is 274 g/mol. The SMILES string of the molecule is CN(C)C(C)(C)C(=O)Cc1ccc(Br)s1. The van der Waals surface area contributed by atoms with E-state index in [-0.39, 0.29) is 5.78 Å². The largest absolute Gasteiger partial charge is 0.298 e. The zero-order valence-electron chi connectivity index (χ0n) is 9.50. The Morgan fingerprint density at radius 1 is 1.47 bits per heavy atom. The molecule has 0 atom stereocenters. The molecule has 1 heterocycles. The van der Waals surface area contributed by atoms with Gasteiger partial charge in [-0.15, -0.1) is 11.3 Å². The summed E-state index contributed by atoms with van der Waals surface area (Å²) >= 11 is 5.02. The van der Waals surface area contributed by atoms with Gasteiger partial charge >= 0.3 is 0 Å². The number of thiophene rings is 1. The second-order valence-electron chi connectivity index (χ2n) is 4.26. The molecule has 0 saturated heterocycles. The number of nitrogens with zero attached hydrogens (tertiary/aromatic N) is 1. The number of likely N-dealkylation sites (N-methyl/N-ethyl adjacent to an activating group) is 1. The summed E-state index contributed by atoms with van der Waals surface area (Å²) in [6, 6.07) is 3.98. The summed E-state index contributed by atoms with van der Waals surface area (Å²) in [4.78, 5) is 15.1. The molecule has 0 bridgehead atoms. The quantitative estimate of drug-likeness (QED) is 0.849. The molecule has 0 aliphatic rings. The number of halogens is 1. The fraction of sp³-hybridized carbons (Fsp3) is 0.545. The lowest BCUT2D eigenvalue weighted by atomic mass is 9.95. The van der Waals surface area contributed by atoms with Gasteiger partial charge in [-0.25, -0.2) is 0 Å². The molecule has 0 N–H and O–H groups in total. The number of carbonyl (C=O) groups is 1. The van der Waals surface area contributed by atoms with Crippen LogP contribution in [0, 0.1) is 0 Å². The fourth-order valence-corrected chi connectivity index (χ4v) is 2.55. The number of hydrogen-bond acceptors (Lipinski definition) is 3. The third-order valence-corrected chi connectivity index (χ3v) is 4.39. The van der Waals surface area contributed by atoms with Crippen LogP contribution in [-0.2, 0) is 11.2 Å². The Morgan fingerprint density at radius 3 is 2.47 bits per heavy atom. The zero-order chi connectivity index (χ0) is 11.6. The van der Waals surface area contributed by atoms with Crippen molar-refractivity contribution in [1.82, 2.24) is 4.90 Å². The third-order valence-electron chi connectivity index (χ3n) is 2.76. The average molecular weight is 290 g/mol. The Bertz CT molecular complexity index is 357. The summed E-state index contributed by atoms with van der Waals surface area (Å²) in [5.74, 6) is 0.252. The van der Waals surface area contributed by atoms with E-state index < -0.39 is 5.54 Å². The Hall–Kier alpha value is -0.190. The Morgan fingerprint density at radius 2 is 2.07 bits per heavy atom. The first-order chi connectivity index (χ1) is 6.84. The maximum atomic E-state index is 12.0. The number of ketones is 1. The zero-order valence-corrected chi connectivity index (χ0v) is 11.9. The predicted molar refractivity (Wildman–Crippen MR) is 68.5 cm³/mol. The molecule has 0 unspecified atom stereocenters. The normalized spacial score (nSPS) is 12.1. The van der Waals surface area contributed by atoms with Crippen LogP contribution in [0.2, 0.25) is 0 Å². The van der Waals surface area contributed by atoms with Gasteiger partial charge in [0.1, 0.15) is 0 Å². The molecule has 0 radical (unpaired) electrons. The van der Waals surface area contributed by atoms with E-state index in [2.05, 4.69) is 15.9 Å². The topological polar surface area (TPSA) is 20.3 Å². The predicted octanol–water partition coefficient (Wildman–Crippen LogP) is 2.96. The van der Waals surface area contributed by atoms with Gasteiger partial charge in [-0.05, 0) is 56.0 Å². The van der Waals surface area contributed by atoms with E-state index >= 15 is 0 Å². The van der Waals surface area contributed by atoms with Gasteiger partial charge in [0.05, 0.1) is 9.33 Å². The van der Waals surface area contributed by atoms with Crippen LogP contribution in [0.3, 0.4) is 0 Å². The minimum absolute atomic E-state index is 0.252. The van der Waals surface area contributed by atoms with Gasteiger partial charge in [0.15, 0.2) is 5.78 Å². The van der Waals surface area contributed by atoms with Crippen molar-refractivity contribution in [2.45, 2.75) is 25.8 Å². The second kappa shape index (κ2) is 4.76. The van der Waals surface area contributed by atoms with E-state index in [1.165, 1.54) is 0 Å². The van der Waals surface area contributed by atoms with Gasteiger partial charge in [0.25, 0.3) is 0 Å². The Balaban J connectivity index is 2.71. The third kappa shape index (κ3) is 3.13. The molecule has 0 spiro atoms. The van der Waals surface area contributed by atoms with Crippen molar-refractivity contribution >= 4 is 33.0 Å². The summed E-state index contributed by atoms with van der Waals surface area (Å²) in [5, 5.41) is 0. The van der Waals surface area contributed by atoms with Crippen molar-refractivity contribution in [2.75, 3.05) is 14.1 Å². The minimum Gasteiger partial charge on any atom is -0.298 e. The molecule has 0 amide bonds. The molecule has 84 valence electrons. The number of carbonyl (C=O) groups excluding carboxylic acids is 1. The van der Waals surface area contributed by atoms with Crippen LogP contribution in [0.4, 0.5) is 0 Å². The van der Waals surface area contributed by atoms with E-state index in [0.717, 1.165) is 8.66 Å². The average Bonchev–Trinajstić information content (AvgIpc) is 2.50. The Labute approximate surface area is 103 Å². The highest BCUT2D eigenvalue weighted by atomic mass is 79.9. The Kier molecular flexibility index (Phi) is 4.09. The summed E-state index contributed by atoms with van der Waals surface area (Å²) in [7, 11) is 3.87. The number of Topliss-reactive ketones (excluding diaryl/α,β-unsaturated/α-hetero) is 1. The molecule has 2 nitrogen and oxygen atoms in total. The molecular formula is C11H16BrNOS. The molecule has 1 rings (SSSR count). The van der Waals surface area contributed by atoms with Crippen molar-refractivity contribution in [3.8, 4) is 0 Å². The summed E-state index contributed by atoms with van der Waals surface area (Å²) in [5.41, 5.74) is -0.392. The van der Waals surface area contributed by atoms with Crippen molar-refractivity contribution in [3.05, 3.63) is 20.8 Å². The van der Waals surface area contributed by atoms with E-state index in [1.807, 2.05) is 45.0 Å². The standard InChI is InChI=1S/C11H16BrNOS/c1-11(2,13(3)4)9(14)7-8-5-6-10(12)15-8/h5-6H,7H2,1-4H3. The van der Waals surface area contributed by atoms with Crippen LogP contribution < -0.4 is 0 Å². The second-order valence-corrected chi connectivity index (χ2v) is 6.81. The molecule has 4 heteroatoms. The van der Waals surface area contributed by atoms with E-state index in [0.29, 0.717) is 6.42 Å². The molecule has 1 aromatic rings. The first kappa shape index (κ1) is 12.9. The van der Waals surface area contributed by atoms with Crippen molar-refractivity contribution in [1.29, 1.82) is 0 Å². The van der Waals surface area contributed by atoms with Crippen LogP contribution in [-0.4, -0.2) is 30.3 Å². The molecule has 15 heavy (non-hydrogen) atoms. The van der Waals surface area contributed by atoms with Gasteiger partial charge in [0.2, 0.25) is 0 Å². The van der Waals surface area contributed by atoms with Crippen LogP contribution >= 0.6 is 27.3 Å². The summed E-state index contributed by atoms with van der Waals surface area (Å²) in [6.07, 6.45) is 0.515. The molecule has 0 aliphatic carbocycles. The van der Waals surface area contributed by atoms with Crippen molar-refractivity contribution in [2.24, 2.45) is 0 Å². The van der Waals surface area contributed by atoms with Gasteiger partial charge < -0.3 is 0 Å². The minimum atomic E-state index is -0.392. The molecule has 0 saturated carbocycles. The highest BCUT2D eigenvalue weighted by Gasteiger charge is 2.29. The molecule has 0 fully saturated rings. The maximum Gasteiger partial charge on any atom is 0.157 e. The van der Waals surface area contributed by atoms with Gasteiger partial charge in [-0.3, -0.25) is 9.69 Å². The lowest BCUT2D eigenvalue weighted by Crippen LogP contribution is -2.46. The van der Waals surface area contributed by atoms with E-state index in [1.54, 1.807) is 11.3 Å². The van der Waals surface area contributed by atoms with Gasteiger partial charge in [0, 0.05) is 11.3 Å². The van der Waals surface area contributed by atoms with Crippen LogP contribution in [0.25, 0.3) is 0 Å². The highest BCUT2D eigenvalue weighted by Crippen LogP contribution is 2.24. The number of hydrogen-bond donors (Lipinski definition) is 0. The highest BCUT2D eigenvalue weighted by molar-refractivity contribution is 9.11. The lowest BCUT2D eigenvalue weighted by Gasteiger charge is -2.30.